The summed E-state index contributed by atoms with van der Waals surface area (Å²) in [5.41, 5.74) is 9.97. The van der Waals surface area contributed by atoms with Crippen LogP contribution in [0, 0.1) is 12.3 Å². The standard InChI is InChI=1S/C35H41NP/c1-6-35(7-2)17-14-23(15-18-35)26-20-25-16-19-36(4)33-30-22(3)27-12-8-10-24-11-9-13-28(31(24)27)34(30)37(5)29(21-26)32(25)33/h8,10,12,16,19-21,23H,6-7,9,11,13-15,17-18H2,1-5H3/q+1. The maximum absolute atomic E-state index is 2.68. The van der Waals surface area contributed by atoms with Crippen LogP contribution in [0.2, 0.25) is 0 Å². The van der Waals surface area contributed by atoms with E-state index in [0.717, 1.165) is 5.92 Å². The van der Waals surface area contributed by atoms with Crippen molar-refractivity contribution in [3.63, 3.8) is 0 Å². The first-order valence-corrected chi connectivity index (χ1v) is 16.5. The highest BCUT2D eigenvalue weighted by molar-refractivity contribution is 7.73. The van der Waals surface area contributed by atoms with Crippen LogP contribution in [0.25, 0.3) is 32.8 Å². The van der Waals surface area contributed by atoms with Gasteiger partial charge in [-0.05, 0) is 133 Å². The van der Waals surface area contributed by atoms with Gasteiger partial charge in [0.25, 0.3) is 0 Å². The third kappa shape index (κ3) is 3.35. The number of rotatable bonds is 3. The number of hydrogen-bond acceptors (Lipinski definition) is 0. The maximum atomic E-state index is 2.68. The van der Waals surface area contributed by atoms with Gasteiger partial charge in [-0.3, -0.25) is 0 Å². The van der Waals surface area contributed by atoms with Crippen LogP contribution in [0.3, 0.4) is 0 Å². The van der Waals surface area contributed by atoms with Gasteiger partial charge in [-0.15, -0.1) is 0 Å². The zero-order chi connectivity index (χ0) is 25.5. The fourth-order valence-electron chi connectivity index (χ4n) is 8.36. The second-order valence-electron chi connectivity index (χ2n) is 12.3. The topological polar surface area (TPSA) is 3.88 Å². The van der Waals surface area contributed by atoms with E-state index in [4.69, 9.17) is 0 Å². The fourth-order valence-corrected chi connectivity index (χ4v) is 10.8. The van der Waals surface area contributed by atoms with Crippen molar-refractivity contribution in [2.45, 2.75) is 84.5 Å². The molecule has 0 saturated heterocycles. The highest BCUT2D eigenvalue weighted by Crippen LogP contribution is 2.51. The van der Waals surface area contributed by atoms with Gasteiger partial charge in [0.1, 0.15) is 7.05 Å². The predicted molar refractivity (Wildman–Crippen MR) is 161 cm³/mol. The Hall–Kier alpha value is -2.24. The van der Waals surface area contributed by atoms with Gasteiger partial charge in [0, 0.05) is 6.07 Å². The molecular formula is C35H41NP+. The number of benzene rings is 3. The Morgan fingerprint density at radius 2 is 1.78 bits per heavy atom. The lowest BCUT2D eigenvalue weighted by Crippen LogP contribution is -2.37. The summed E-state index contributed by atoms with van der Waals surface area (Å²) in [6.45, 7) is 9.79. The molecular weight excluding hydrogens is 465 g/mol. The van der Waals surface area contributed by atoms with Crippen molar-refractivity contribution in [1.82, 2.24) is 0 Å². The van der Waals surface area contributed by atoms with Gasteiger partial charge in [-0.25, -0.2) is 4.57 Å². The van der Waals surface area contributed by atoms with E-state index < -0.39 is 7.92 Å². The number of fused-ring (bicyclic) bond motifs is 3. The molecule has 2 heterocycles. The van der Waals surface area contributed by atoms with Crippen molar-refractivity contribution >= 4 is 40.1 Å². The second kappa shape index (κ2) is 8.64. The molecule has 1 unspecified atom stereocenters. The molecule has 0 bridgehead atoms. The quantitative estimate of drug-likeness (QED) is 0.195. The average molecular weight is 507 g/mol. The Morgan fingerprint density at radius 1 is 1.00 bits per heavy atom. The van der Waals surface area contributed by atoms with Crippen LogP contribution in [-0.4, -0.2) is 6.66 Å². The smallest absolute Gasteiger partial charge is 0.200 e. The number of aryl methyl sites for hydroxylation is 4. The van der Waals surface area contributed by atoms with Crippen LogP contribution in [-0.2, 0) is 19.9 Å². The molecule has 1 atom stereocenters. The van der Waals surface area contributed by atoms with Gasteiger partial charge in [0.2, 0.25) is 5.69 Å². The van der Waals surface area contributed by atoms with Crippen molar-refractivity contribution in [2.24, 2.45) is 12.5 Å². The molecule has 3 aromatic carbocycles. The molecule has 0 spiro atoms. The monoisotopic (exact) mass is 506 g/mol. The lowest BCUT2D eigenvalue weighted by molar-refractivity contribution is -0.659. The fraction of sp³-hybridized carbons (Fsp3) is 0.457. The summed E-state index contributed by atoms with van der Waals surface area (Å²) >= 11 is 0. The summed E-state index contributed by atoms with van der Waals surface area (Å²) in [7, 11) is 1.87. The van der Waals surface area contributed by atoms with Gasteiger partial charge in [-0.2, -0.15) is 0 Å². The molecule has 7 rings (SSSR count). The molecule has 37 heavy (non-hydrogen) atoms. The number of hydrogen-bond donors (Lipinski definition) is 0. The Kier molecular flexibility index (Phi) is 5.57. The van der Waals surface area contributed by atoms with E-state index in [1.54, 1.807) is 38.2 Å². The van der Waals surface area contributed by atoms with Crippen molar-refractivity contribution in [1.29, 1.82) is 0 Å². The van der Waals surface area contributed by atoms with Crippen LogP contribution in [0.4, 0.5) is 0 Å². The number of nitrogens with zero attached hydrogens (tertiary/aromatic N) is 1. The first kappa shape index (κ1) is 23.8. The minimum atomic E-state index is -0.395. The third-order valence-corrected chi connectivity index (χ3v) is 13.1. The normalized spacial score (nSPS) is 20.4. The highest BCUT2D eigenvalue weighted by atomic mass is 31.1. The van der Waals surface area contributed by atoms with E-state index in [2.05, 4.69) is 81.6 Å². The zero-order valence-electron chi connectivity index (χ0n) is 23.4. The van der Waals surface area contributed by atoms with Crippen LogP contribution in [0.15, 0.2) is 42.6 Å². The van der Waals surface area contributed by atoms with Gasteiger partial charge in [-0.1, -0.05) is 51.0 Å². The molecule has 2 heteroatoms. The minimum absolute atomic E-state index is 0.395. The summed E-state index contributed by atoms with van der Waals surface area (Å²) in [5.74, 6) is 0.720. The summed E-state index contributed by atoms with van der Waals surface area (Å²) < 4.78 is 2.42. The molecule has 4 aromatic rings. The van der Waals surface area contributed by atoms with E-state index >= 15 is 0 Å². The van der Waals surface area contributed by atoms with E-state index in [9.17, 15) is 0 Å². The van der Waals surface area contributed by atoms with E-state index in [-0.39, 0.29) is 0 Å². The van der Waals surface area contributed by atoms with E-state index in [0.29, 0.717) is 5.41 Å². The number of aromatic nitrogens is 1. The molecule has 0 radical (unpaired) electrons. The summed E-state index contributed by atoms with van der Waals surface area (Å²) in [6, 6.07) is 14.7. The molecule has 0 N–H and O–H groups in total. The largest absolute Gasteiger partial charge is 0.221 e. The van der Waals surface area contributed by atoms with Gasteiger partial charge < -0.3 is 0 Å². The summed E-state index contributed by atoms with van der Waals surface area (Å²) in [6.07, 6.45) is 14.3. The van der Waals surface area contributed by atoms with Crippen LogP contribution in [0.5, 0.6) is 0 Å². The molecule has 1 aromatic heterocycles. The maximum Gasteiger partial charge on any atom is 0.221 e. The number of pyridine rings is 1. The molecule has 190 valence electrons. The molecule has 1 nitrogen and oxygen atoms in total. The van der Waals surface area contributed by atoms with Crippen LogP contribution in [0.1, 0.15) is 87.0 Å². The Balaban J connectivity index is 1.46. The van der Waals surface area contributed by atoms with Crippen molar-refractivity contribution in [2.75, 3.05) is 6.66 Å². The minimum Gasteiger partial charge on any atom is -0.200 e. The van der Waals surface area contributed by atoms with E-state index in [1.807, 2.05) is 0 Å². The highest BCUT2D eigenvalue weighted by Gasteiger charge is 2.37. The first-order valence-electron chi connectivity index (χ1n) is 14.7. The Morgan fingerprint density at radius 3 is 2.54 bits per heavy atom. The molecule has 1 saturated carbocycles. The third-order valence-electron chi connectivity index (χ3n) is 10.8. The predicted octanol–water partition coefficient (Wildman–Crippen LogP) is 8.12. The Bertz CT molecular complexity index is 1560. The van der Waals surface area contributed by atoms with E-state index in [1.165, 1.54) is 85.2 Å². The zero-order valence-corrected chi connectivity index (χ0v) is 24.3. The Labute approximate surface area is 224 Å². The van der Waals surface area contributed by atoms with Crippen molar-refractivity contribution < 1.29 is 4.57 Å². The molecule has 0 amide bonds. The second-order valence-corrected chi connectivity index (χ2v) is 14.4. The van der Waals surface area contributed by atoms with Gasteiger partial charge >= 0.3 is 0 Å². The van der Waals surface area contributed by atoms with Crippen molar-refractivity contribution in [3.8, 4) is 11.3 Å². The van der Waals surface area contributed by atoms with Crippen molar-refractivity contribution in [3.05, 3.63) is 64.8 Å². The molecule has 3 aliphatic rings. The molecule has 1 aliphatic heterocycles. The van der Waals surface area contributed by atoms with Crippen LogP contribution < -0.4 is 15.2 Å². The summed E-state index contributed by atoms with van der Waals surface area (Å²) in [4.78, 5) is 0. The molecule has 2 aliphatic carbocycles. The summed E-state index contributed by atoms with van der Waals surface area (Å²) in [5, 5.41) is 9.41. The SMILES string of the molecule is CCC1(CC)CCC(c2cc3c4c([n+](C)ccc4c2)-c2c(c4c5c(cccc5c2C)CCC4)P3C)CC1. The van der Waals surface area contributed by atoms with Gasteiger partial charge in [0.05, 0.1) is 10.9 Å². The first-order chi connectivity index (χ1) is 18.0. The molecule has 1 fully saturated rings. The average Bonchev–Trinajstić information content (AvgIpc) is 2.94. The van der Waals surface area contributed by atoms with Gasteiger partial charge in [0.15, 0.2) is 6.20 Å². The van der Waals surface area contributed by atoms with Crippen LogP contribution >= 0.6 is 7.92 Å². The lowest BCUT2D eigenvalue weighted by atomic mass is 9.66. The lowest BCUT2D eigenvalue weighted by Gasteiger charge is -2.39.